The Morgan fingerprint density at radius 3 is 2.69 bits per heavy atom. The van der Waals surface area contributed by atoms with Gasteiger partial charge in [0.2, 0.25) is 0 Å². The summed E-state index contributed by atoms with van der Waals surface area (Å²) in [6.07, 6.45) is 6.28. The third kappa shape index (κ3) is 4.86. The van der Waals surface area contributed by atoms with Gasteiger partial charge in [0, 0.05) is 47.2 Å². The normalized spacial score (nSPS) is 23.6. The summed E-state index contributed by atoms with van der Waals surface area (Å²) in [7, 11) is 0. The lowest BCUT2D eigenvalue weighted by Gasteiger charge is -2.36. The monoisotopic (exact) mass is 490 g/mol. The number of rotatable bonds is 5. The molecule has 0 bridgehead atoms. The van der Waals surface area contributed by atoms with Crippen molar-refractivity contribution in [3.05, 3.63) is 84.2 Å². The van der Waals surface area contributed by atoms with E-state index in [0.29, 0.717) is 28.3 Å². The van der Waals surface area contributed by atoms with Crippen LogP contribution in [0, 0.1) is 11.7 Å². The molecule has 1 amide bonds. The highest BCUT2D eigenvalue weighted by atomic mass is 32.2. The van der Waals surface area contributed by atoms with Gasteiger partial charge in [-0.1, -0.05) is 36.0 Å². The first-order valence-corrected chi connectivity index (χ1v) is 12.7. The maximum Gasteiger partial charge on any atom is 0.257 e. The SMILES string of the molecule is CC(C)O[C@@H]1C[C@H]2CSC(NC(=O)c3ccccc3)=N[C@@]2(c2ccc(F)c(-c3cncnc3)c2)C1. The Bertz CT molecular complexity index is 1240. The molecular formula is C27H27FN4O2S. The predicted molar refractivity (Wildman–Crippen MR) is 136 cm³/mol. The van der Waals surface area contributed by atoms with Gasteiger partial charge in [0.25, 0.3) is 5.91 Å². The molecule has 2 aromatic carbocycles. The Morgan fingerprint density at radius 1 is 1.17 bits per heavy atom. The molecular weight excluding hydrogens is 463 g/mol. The van der Waals surface area contributed by atoms with Crippen LogP contribution in [0.3, 0.4) is 0 Å². The fraction of sp³-hybridized carbons (Fsp3) is 0.333. The summed E-state index contributed by atoms with van der Waals surface area (Å²) in [5.74, 6) is 0.447. The van der Waals surface area contributed by atoms with Crippen LogP contribution < -0.4 is 5.32 Å². The molecule has 3 aromatic rings. The molecule has 1 fully saturated rings. The molecule has 6 nitrogen and oxygen atoms in total. The minimum atomic E-state index is -0.623. The van der Waals surface area contributed by atoms with Crippen LogP contribution in [0.25, 0.3) is 11.1 Å². The van der Waals surface area contributed by atoms with Crippen LogP contribution in [-0.4, -0.2) is 39.0 Å². The molecule has 0 radical (unpaired) electrons. The number of amides is 1. The van der Waals surface area contributed by atoms with E-state index in [1.165, 1.54) is 12.4 Å². The van der Waals surface area contributed by atoms with Crippen LogP contribution in [-0.2, 0) is 10.3 Å². The molecule has 0 spiro atoms. The van der Waals surface area contributed by atoms with Crippen molar-refractivity contribution in [1.82, 2.24) is 15.3 Å². The standard InChI is InChI=1S/C27H27FN4O2S/c1-17(2)34-22-10-21-15-35-26(31-25(33)18-6-4-3-5-7-18)32-27(21,12-22)20-8-9-24(28)23(11-20)19-13-29-16-30-14-19/h3-9,11,13-14,16-17,21-22H,10,12,15H2,1-2H3,(H,31,32,33)/t21-,22+,27+/m0/s1. The van der Waals surface area contributed by atoms with Gasteiger partial charge in [0.15, 0.2) is 5.17 Å². The number of hydrogen-bond acceptors (Lipinski definition) is 6. The van der Waals surface area contributed by atoms with Gasteiger partial charge in [-0.3, -0.25) is 9.79 Å². The zero-order valence-corrected chi connectivity index (χ0v) is 20.5. The first-order valence-electron chi connectivity index (χ1n) is 11.7. The smallest absolute Gasteiger partial charge is 0.257 e. The minimum absolute atomic E-state index is 0.0297. The van der Waals surface area contributed by atoms with Crippen molar-refractivity contribution in [2.75, 3.05) is 5.75 Å². The molecule has 1 aliphatic carbocycles. The highest BCUT2D eigenvalue weighted by Crippen LogP contribution is 2.52. The van der Waals surface area contributed by atoms with Gasteiger partial charge >= 0.3 is 0 Å². The average molecular weight is 491 g/mol. The van der Waals surface area contributed by atoms with E-state index in [2.05, 4.69) is 15.3 Å². The Balaban J connectivity index is 1.55. The van der Waals surface area contributed by atoms with Crippen molar-refractivity contribution in [2.45, 2.75) is 44.4 Å². The summed E-state index contributed by atoms with van der Waals surface area (Å²) < 4.78 is 21.1. The highest BCUT2D eigenvalue weighted by molar-refractivity contribution is 8.13. The summed E-state index contributed by atoms with van der Waals surface area (Å²) in [5, 5.41) is 3.57. The fourth-order valence-corrected chi connectivity index (χ4v) is 6.19. The van der Waals surface area contributed by atoms with E-state index < -0.39 is 5.54 Å². The third-order valence-electron chi connectivity index (χ3n) is 6.54. The van der Waals surface area contributed by atoms with Crippen LogP contribution in [0.1, 0.15) is 42.6 Å². The molecule has 0 unspecified atom stereocenters. The van der Waals surface area contributed by atoms with Gasteiger partial charge < -0.3 is 10.1 Å². The Morgan fingerprint density at radius 2 is 1.94 bits per heavy atom. The number of fused-ring (bicyclic) bond motifs is 1. The number of aromatic nitrogens is 2. The average Bonchev–Trinajstić information content (AvgIpc) is 3.23. The number of ether oxygens (including phenoxy) is 1. The van der Waals surface area contributed by atoms with Gasteiger partial charge in [0.1, 0.15) is 12.1 Å². The number of carbonyl (C=O) groups excluding carboxylic acids is 1. The molecule has 2 heterocycles. The quantitative estimate of drug-likeness (QED) is 0.531. The lowest BCUT2D eigenvalue weighted by molar-refractivity contribution is 0.00846. The number of thioether (sulfide) groups is 1. The number of hydrogen-bond donors (Lipinski definition) is 1. The molecule has 1 aliphatic heterocycles. The van der Waals surface area contributed by atoms with Crippen molar-refractivity contribution in [3.63, 3.8) is 0 Å². The zero-order valence-electron chi connectivity index (χ0n) is 19.6. The second-order valence-electron chi connectivity index (χ2n) is 9.24. The molecule has 1 saturated carbocycles. The van der Waals surface area contributed by atoms with Gasteiger partial charge in [-0.05, 0) is 50.1 Å². The maximum absolute atomic E-state index is 14.9. The molecule has 2 aliphatic rings. The fourth-order valence-electron chi connectivity index (χ4n) is 5.03. The van der Waals surface area contributed by atoms with Crippen LogP contribution in [0.2, 0.25) is 0 Å². The summed E-state index contributed by atoms with van der Waals surface area (Å²) >= 11 is 1.55. The molecule has 1 aromatic heterocycles. The first kappa shape index (κ1) is 23.6. The first-order chi connectivity index (χ1) is 16.9. The molecule has 5 rings (SSSR count). The van der Waals surface area contributed by atoms with Crippen LogP contribution in [0.15, 0.2) is 72.2 Å². The van der Waals surface area contributed by atoms with Crippen molar-refractivity contribution in [3.8, 4) is 11.1 Å². The predicted octanol–water partition coefficient (Wildman–Crippen LogP) is 5.21. The van der Waals surface area contributed by atoms with E-state index in [1.54, 1.807) is 36.3 Å². The largest absolute Gasteiger partial charge is 0.375 e. The number of halogens is 1. The molecule has 180 valence electrons. The highest BCUT2D eigenvalue weighted by Gasteiger charge is 2.51. The molecule has 35 heavy (non-hydrogen) atoms. The van der Waals surface area contributed by atoms with Crippen molar-refractivity contribution in [2.24, 2.45) is 10.9 Å². The van der Waals surface area contributed by atoms with Crippen molar-refractivity contribution < 1.29 is 13.9 Å². The number of carbonyl (C=O) groups is 1. The molecule has 1 N–H and O–H groups in total. The van der Waals surface area contributed by atoms with Crippen LogP contribution >= 0.6 is 11.8 Å². The Hall–Kier alpha value is -3.10. The number of benzene rings is 2. The number of nitrogens with zero attached hydrogens (tertiary/aromatic N) is 3. The summed E-state index contributed by atoms with van der Waals surface area (Å²) in [5.41, 5.74) is 1.91. The summed E-state index contributed by atoms with van der Waals surface area (Å²) in [6.45, 7) is 4.06. The molecule has 3 atom stereocenters. The van der Waals surface area contributed by atoms with E-state index in [9.17, 15) is 9.18 Å². The second-order valence-corrected chi connectivity index (χ2v) is 10.2. The van der Waals surface area contributed by atoms with Gasteiger partial charge in [-0.15, -0.1) is 0 Å². The molecule has 8 heteroatoms. The van der Waals surface area contributed by atoms with Crippen molar-refractivity contribution in [1.29, 1.82) is 0 Å². The van der Waals surface area contributed by atoms with Gasteiger partial charge in [-0.25, -0.2) is 14.4 Å². The van der Waals surface area contributed by atoms with E-state index in [4.69, 9.17) is 9.73 Å². The van der Waals surface area contributed by atoms with E-state index in [1.807, 2.05) is 44.2 Å². The summed E-state index contributed by atoms with van der Waals surface area (Å²) in [4.78, 5) is 26.1. The van der Waals surface area contributed by atoms with Gasteiger partial charge in [0.05, 0.1) is 17.7 Å². The Kier molecular flexibility index (Phi) is 6.67. The maximum atomic E-state index is 14.9. The Labute approximate surface area is 208 Å². The minimum Gasteiger partial charge on any atom is -0.375 e. The van der Waals surface area contributed by atoms with E-state index in [-0.39, 0.29) is 29.9 Å². The van der Waals surface area contributed by atoms with E-state index in [0.717, 1.165) is 17.7 Å². The number of nitrogens with one attached hydrogen (secondary N) is 1. The number of amidine groups is 1. The lowest BCUT2D eigenvalue weighted by atomic mass is 9.80. The molecule has 0 saturated heterocycles. The van der Waals surface area contributed by atoms with Crippen molar-refractivity contribution >= 4 is 22.8 Å². The third-order valence-corrected chi connectivity index (χ3v) is 7.58. The summed E-state index contributed by atoms with van der Waals surface area (Å²) in [6, 6.07) is 14.2. The van der Waals surface area contributed by atoms with Crippen LogP contribution in [0.4, 0.5) is 4.39 Å². The van der Waals surface area contributed by atoms with Gasteiger partial charge in [-0.2, -0.15) is 0 Å². The topological polar surface area (TPSA) is 76.5 Å². The lowest BCUT2D eigenvalue weighted by Crippen LogP contribution is -2.40. The van der Waals surface area contributed by atoms with E-state index >= 15 is 0 Å². The second kappa shape index (κ2) is 9.87. The van der Waals surface area contributed by atoms with Crippen LogP contribution in [0.5, 0.6) is 0 Å². The zero-order chi connectivity index (χ0) is 24.4. The number of aliphatic imine (C=N–C) groups is 1.